The highest BCUT2D eigenvalue weighted by atomic mass is 16.2. The molecule has 3 N–H and O–H groups in total. The van der Waals surface area contributed by atoms with Crippen LogP contribution in [-0.4, -0.2) is 24.1 Å². The highest BCUT2D eigenvalue weighted by Crippen LogP contribution is 2.21. The molecule has 4 amide bonds. The van der Waals surface area contributed by atoms with Crippen LogP contribution in [0.4, 0.5) is 22.7 Å². The molecule has 0 saturated carbocycles. The van der Waals surface area contributed by atoms with Crippen molar-refractivity contribution < 1.29 is 19.2 Å². The normalized spacial score (nSPS) is 10.3. The zero-order valence-electron chi connectivity index (χ0n) is 23.1. The van der Waals surface area contributed by atoms with Gasteiger partial charge >= 0.3 is 0 Å². The Bertz CT molecular complexity index is 1700. The van der Waals surface area contributed by atoms with Gasteiger partial charge in [0.25, 0.3) is 17.7 Å². The third-order valence-corrected chi connectivity index (χ3v) is 6.63. The van der Waals surface area contributed by atoms with Crippen LogP contribution in [0, 0.1) is 0 Å². The van der Waals surface area contributed by atoms with E-state index in [-0.39, 0.29) is 17.7 Å². The van der Waals surface area contributed by atoms with Crippen molar-refractivity contribution in [3.8, 4) is 0 Å². The molecule has 5 aromatic carbocycles. The maximum absolute atomic E-state index is 12.8. The fourth-order valence-electron chi connectivity index (χ4n) is 4.31. The Morgan fingerprint density at radius 1 is 0.488 bits per heavy atom. The summed E-state index contributed by atoms with van der Waals surface area (Å²) < 4.78 is 0. The smallest absolute Gasteiger partial charge is 0.255 e. The van der Waals surface area contributed by atoms with E-state index in [0.717, 1.165) is 12.0 Å². The standard InChI is InChI=1S/C35H28N4O4/c40-24-39(32-21-19-31(20-22-32)38-34(42)27-9-5-2-6-10-27)23-25-11-13-28(14-12-25)35(43)37-30-17-15-29(16-18-30)36-33(41)26-7-3-1-4-8-26/h1-22,24H,23H2,(H,36,41)(H,37,43)(H,38,42). The van der Waals surface area contributed by atoms with Crippen molar-refractivity contribution in [2.45, 2.75) is 6.54 Å². The van der Waals surface area contributed by atoms with E-state index in [2.05, 4.69) is 16.0 Å². The summed E-state index contributed by atoms with van der Waals surface area (Å²) in [5.41, 5.74) is 4.89. The lowest BCUT2D eigenvalue weighted by molar-refractivity contribution is -0.107. The first-order valence-corrected chi connectivity index (χ1v) is 13.5. The van der Waals surface area contributed by atoms with E-state index in [9.17, 15) is 19.2 Å². The molecular weight excluding hydrogens is 540 g/mol. The SMILES string of the molecule is O=CN(Cc1ccc(C(=O)Nc2ccc(NC(=O)c3ccccc3)cc2)cc1)c1ccc(NC(=O)c2ccccc2)cc1. The Morgan fingerprint density at radius 3 is 1.26 bits per heavy atom. The maximum Gasteiger partial charge on any atom is 0.255 e. The Morgan fingerprint density at radius 2 is 0.860 bits per heavy atom. The summed E-state index contributed by atoms with van der Waals surface area (Å²) in [5.74, 6) is -0.711. The van der Waals surface area contributed by atoms with E-state index in [1.165, 1.54) is 4.90 Å². The molecule has 0 fully saturated rings. The summed E-state index contributed by atoms with van der Waals surface area (Å²) in [6.45, 7) is 0.303. The number of nitrogens with one attached hydrogen (secondary N) is 3. The first-order valence-electron chi connectivity index (χ1n) is 13.5. The second-order valence-electron chi connectivity index (χ2n) is 9.65. The van der Waals surface area contributed by atoms with Crippen LogP contribution in [0.3, 0.4) is 0 Å². The summed E-state index contributed by atoms with van der Waals surface area (Å²) in [7, 11) is 0. The molecule has 5 aromatic rings. The molecule has 0 saturated heterocycles. The molecule has 0 atom stereocenters. The molecular formula is C35H28N4O4. The van der Waals surface area contributed by atoms with Crippen molar-refractivity contribution in [3.05, 3.63) is 156 Å². The number of carbonyl (C=O) groups excluding carboxylic acids is 4. The van der Waals surface area contributed by atoms with E-state index in [1.54, 1.807) is 121 Å². The second-order valence-corrected chi connectivity index (χ2v) is 9.65. The van der Waals surface area contributed by atoms with Gasteiger partial charge in [-0.05, 0) is 90.5 Å². The van der Waals surface area contributed by atoms with Gasteiger partial charge in [-0.1, -0.05) is 48.5 Å². The number of carbonyl (C=O) groups is 4. The molecule has 0 aromatic heterocycles. The quantitative estimate of drug-likeness (QED) is 0.165. The number of hydrogen-bond acceptors (Lipinski definition) is 4. The van der Waals surface area contributed by atoms with Crippen molar-refractivity contribution >= 4 is 46.9 Å². The van der Waals surface area contributed by atoms with E-state index in [1.807, 2.05) is 12.1 Å². The van der Waals surface area contributed by atoms with Crippen LogP contribution in [0.25, 0.3) is 0 Å². The van der Waals surface area contributed by atoms with Gasteiger partial charge in [-0.25, -0.2) is 0 Å². The van der Waals surface area contributed by atoms with E-state index in [4.69, 9.17) is 0 Å². The molecule has 0 bridgehead atoms. The predicted octanol–water partition coefficient (Wildman–Crippen LogP) is 6.61. The van der Waals surface area contributed by atoms with Crippen molar-refractivity contribution in [2.75, 3.05) is 20.9 Å². The van der Waals surface area contributed by atoms with Gasteiger partial charge in [-0.15, -0.1) is 0 Å². The lowest BCUT2D eigenvalue weighted by Crippen LogP contribution is -2.20. The minimum absolute atomic E-state index is 0.213. The van der Waals surface area contributed by atoms with Crippen molar-refractivity contribution in [3.63, 3.8) is 0 Å². The van der Waals surface area contributed by atoms with Crippen LogP contribution in [-0.2, 0) is 11.3 Å². The van der Waals surface area contributed by atoms with Crippen LogP contribution in [0.1, 0.15) is 36.6 Å². The topological polar surface area (TPSA) is 108 Å². The maximum atomic E-state index is 12.8. The van der Waals surface area contributed by atoms with Gasteiger partial charge in [0.2, 0.25) is 6.41 Å². The molecule has 43 heavy (non-hydrogen) atoms. The number of anilines is 4. The van der Waals surface area contributed by atoms with Crippen LogP contribution >= 0.6 is 0 Å². The van der Waals surface area contributed by atoms with E-state index < -0.39 is 0 Å². The molecule has 0 aliphatic heterocycles. The summed E-state index contributed by atoms with van der Waals surface area (Å²) in [6, 6.07) is 38.7. The van der Waals surface area contributed by atoms with Gasteiger partial charge in [0.05, 0.1) is 6.54 Å². The zero-order valence-corrected chi connectivity index (χ0v) is 23.1. The zero-order chi connectivity index (χ0) is 30.0. The molecule has 0 spiro atoms. The molecule has 0 heterocycles. The van der Waals surface area contributed by atoms with Crippen molar-refractivity contribution in [1.29, 1.82) is 0 Å². The third kappa shape index (κ3) is 7.59. The van der Waals surface area contributed by atoms with Crippen molar-refractivity contribution in [2.24, 2.45) is 0 Å². The minimum atomic E-state index is -0.284. The van der Waals surface area contributed by atoms with Gasteiger partial charge in [0.1, 0.15) is 0 Å². The Kier molecular flexibility index (Phi) is 8.99. The first-order chi connectivity index (χ1) is 21.0. The average molecular weight is 569 g/mol. The molecule has 5 rings (SSSR count). The number of amides is 4. The largest absolute Gasteiger partial charge is 0.322 e. The lowest BCUT2D eigenvalue weighted by Gasteiger charge is -2.18. The Hall–Kier alpha value is -6.02. The fraction of sp³-hybridized carbons (Fsp3) is 0.0286. The third-order valence-electron chi connectivity index (χ3n) is 6.63. The van der Waals surface area contributed by atoms with Crippen LogP contribution in [0.5, 0.6) is 0 Å². The number of nitrogens with zero attached hydrogens (tertiary/aromatic N) is 1. The molecule has 0 radical (unpaired) electrons. The Labute approximate surface area is 249 Å². The van der Waals surface area contributed by atoms with Gasteiger partial charge < -0.3 is 20.9 Å². The van der Waals surface area contributed by atoms with E-state index >= 15 is 0 Å². The average Bonchev–Trinajstić information content (AvgIpc) is 3.06. The molecule has 0 unspecified atom stereocenters. The summed E-state index contributed by atoms with van der Waals surface area (Å²) >= 11 is 0. The number of rotatable bonds is 10. The van der Waals surface area contributed by atoms with Crippen LogP contribution < -0.4 is 20.9 Å². The lowest BCUT2D eigenvalue weighted by atomic mass is 10.1. The minimum Gasteiger partial charge on any atom is -0.322 e. The van der Waals surface area contributed by atoms with Gasteiger partial charge in [0, 0.05) is 39.4 Å². The highest BCUT2D eigenvalue weighted by Gasteiger charge is 2.11. The van der Waals surface area contributed by atoms with Gasteiger partial charge in [-0.2, -0.15) is 0 Å². The molecule has 8 heteroatoms. The summed E-state index contributed by atoms with van der Waals surface area (Å²) in [4.78, 5) is 50.9. The number of benzene rings is 5. The molecule has 0 aliphatic carbocycles. The van der Waals surface area contributed by atoms with E-state index in [0.29, 0.717) is 46.0 Å². The predicted molar refractivity (Wildman–Crippen MR) is 168 cm³/mol. The van der Waals surface area contributed by atoms with Gasteiger partial charge in [0.15, 0.2) is 0 Å². The molecule has 212 valence electrons. The van der Waals surface area contributed by atoms with Gasteiger partial charge in [-0.3, -0.25) is 19.2 Å². The Balaban J connectivity index is 1.14. The summed E-state index contributed by atoms with van der Waals surface area (Å²) in [6.07, 6.45) is 0.740. The summed E-state index contributed by atoms with van der Waals surface area (Å²) in [5, 5.41) is 8.52. The molecule has 0 aliphatic rings. The monoisotopic (exact) mass is 568 g/mol. The number of hydrogen-bond donors (Lipinski definition) is 3. The highest BCUT2D eigenvalue weighted by molar-refractivity contribution is 6.06. The first kappa shape index (κ1) is 28.5. The second kappa shape index (κ2) is 13.6. The van der Waals surface area contributed by atoms with Crippen LogP contribution in [0.15, 0.2) is 133 Å². The molecule has 8 nitrogen and oxygen atoms in total. The van der Waals surface area contributed by atoms with Crippen molar-refractivity contribution in [1.82, 2.24) is 0 Å². The van der Waals surface area contributed by atoms with Crippen LogP contribution in [0.2, 0.25) is 0 Å². The fourth-order valence-corrected chi connectivity index (χ4v) is 4.31.